The molecule has 1 saturated carbocycles. The van der Waals surface area contributed by atoms with Crippen LogP contribution in [-0.2, 0) is 13.1 Å². The van der Waals surface area contributed by atoms with Gasteiger partial charge in [-0.3, -0.25) is 9.58 Å². The maximum atomic E-state index is 4.49. The number of hydrogen-bond acceptors (Lipinski definition) is 3. The van der Waals surface area contributed by atoms with Crippen LogP contribution in [0.4, 0.5) is 0 Å². The summed E-state index contributed by atoms with van der Waals surface area (Å²) in [5.41, 5.74) is 2.44. The van der Waals surface area contributed by atoms with Crippen LogP contribution in [0.3, 0.4) is 0 Å². The monoisotopic (exact) mass is 248 g/mol. The lowest BCUT2D eigenvalue weighted by molar-refractivity contribution is 0.317. The largest absolute Gasteiger partial charge is 0.307 e. The Morgan fingerprint density at radius 1 is 1.39 bits per heavy atom. The van der Waals surface area contributed by atoms with Crippen molar-refractivity contribution in [3.8, 4) is 0 Å². The molecule has 0 amide bonds. The summed E-state index contributed by atoms with van der Waals surface area (Å²) in [4.78, 5) is 2.65. The summed E-state index contributed by atoms with van der Waals surface area (Å²) >= 11 is 0. The van der Waals surface area contributed by atoms with Gasteiger partial charge < -0.3 is 5.32 Å². The fourth-order valence-electron chi connectivity index (χ4n) is 2.99. The van der Waals surface area contributed by atoms with Crippen molar-refractivity contribution >= 4 is 0 Å². The first-order chi connectivity index (χ1) is 8.76. The van der Waals surface area contributed by atoms with Gasteiger partial charge in [0.25, 0.3) is 0 Å². The molecule has 1 aliphatic carbocycles. The fourth-order valence-corrected chi connectivity index (χ4v) is 2.99. The molecule has 0 aromatic carbocycles. The molecule has 2 fully saturated rings. The van der Waals surface area contributed by atoms with Gasteiger partial charge in [0, 0.05) is 38.3 Å². The predicted molar refractivity (Wildman–Crippen MR) is 72.5 cm³/mol. The third kappa shape index (κ3) is 2.59. The van der Waals surface area contributed by atoms with Gasteiger partial charge in [0.2, 0.25) is 0 Å². The number of likely N-dealkylation sites (tertiary alicyclic amines) is 1. The van der Waals surface area contributed by atoms with Crippen LogP contribution in [0.5, 0.6) is 0 Å². The highest BCUT2D eigenvalue weighted by Crippen LogP contribution is 2.29. The molecule has 0 radical (unpaired) electrons. The van der Waals surface area contributed by atoms with Crippen LogP contribution >= 0.6 is 0 Å². The second kappa shape index (κ2) is 5.02. The minimum absolute atomic E-state index is 0.672. The topological polar surface area (TPSA) is 33.1 Å². The number of nitrogens with zero attached hydrogens (tertiary/aromatic N) is 3. The van der Waals surface area contributed by atoms with Gasteiger partial charge in [-0.25, -0.2) is 0 Å². The molecule has 0 bridgehead atoms. The number of nitrogens with one attached hydrogen (secondary N) is 1. The van der Waals surface area contributed by atoms with Gasteiger partial charge in [-0.05, 0) is 39.2 Å². The Bertz CT molecular complexity index is 408. The number of rotatable bonds is 5. The Morgan fingerprint density at radius 2 is 2.22 bits per heavy atom. The Hall–Kier alpha value is -0.870. The number of aromatic nitrogens is 2. The summed E-state index contributed by atoms with van der Waals surface area (Å²) in [6.45, 7) is 8.67. The van der Waals surface area contributed by atoms with Crippen LogP contribution in [0.1, 0.15) is 37.6 Å². The summed E-state index contributed by atoms with van der Waals surface area (Å²) in [5.74, 6) is 0. The fraction of sp³-hybridized carbons (Fsp3) is 0.786. The second-order valence-electron chi connectivity index (χ2n) is 5.69. The standard InChI is InChI=1S/C14H24N4/c1-3-18-14(8-11(2)16-18)9-15-12-6-7-17(10-12)13-4-5-13/h8,12-13,15H,3-7,9-10H2,1-2H3. The van der Waals surface area contributed by atoms with Crippen molar-refractivity contribution < 1.29 is 0 Å². The van der Waals surface area contributed by atoms with Crippen LogP contribution in [0.15, 0.2) is 6.07 Å². The van der Waals surface area contributed by atoms with E-state index in [1.165, 1.54) is 38.0 Å². The van der Waals surface area contributed by atoms with Crippen molar-refractivity contribution in [2.75, 3.05) is 13.1 Å². The van der Waals surface area contributed by atoms with Gasteiger partial charge in [0.05, 0.1) is 11.4 Å². The molecule has 4 heteroatoms. The lowest BCUT2D eigenvalue weighted by atomic mass is 10.2. The minimum Gasteiger partial charge on any atom is -0.307 e. The first-order valence-corrected chi connectivity index (χ1v) is 7.27. The van der Waals surface area contributed by atoms with E-state index in [0.29, 0.717) is 6.04 Å². The average molecular weight is 248 g/mol. The average Bonchev–Trinajstić information content (AvgIpc) is 2.99. The molecule has 18 heavy (non-hydrogen) atoms. The lowest BCUT2D eigenvalue weighted by Crippen LogP contribution is -2.33. The Balaban J connectivity index is 1.51. The van der Waals surface area contributed by atoms with Gasteiger partial charge in [-0.2, -0.15) is 5.10 Å². The second-order valence-corrected chi connectivity index (χ2v) is 5.69. The van der Waals surface area contributed by atoms with Gasteiger partial charge in [0.15, 0.2) is 0 Å². The minimum atomic E-state index is 0.672. The van der Waals surface area contributed by atoms with Crippen molar-refractivity contribution in [2.45, 2.75) is 58.3 Å². The van der Waals surface area contributed by atoms with E-state index >= 15 is 0 Å². The summed E-state index contributed by atoms with van der Waals surface area (Å²) in [7, 11) is 0. The highest BCUT2D eigenvalue weighted by molar-refractivity contribution is 5.09. The molecule has 4 nitrogen and oxygen atoms in total. The SMILES string of the molecule is CCn1nc(C)cc1CNC1CCN(C2CC2)C1. The molecular formula is C14H24N4. The molecule has 0 spiro atoms. The Labute approximate surface area is 109 Å². The van der Waals surface area contributed by atoms with E-state index in [0.717, 1.165) is 24.8 Å². The zero-order valence-corrected chi connectivity index (χ0v) is 11.5. The van der Waals surface area contributed by atoms with E-state index in [-0.39, 0.29) is 0 Å². The molecule has 100 valence electrons. The zero-order valence-electron chi connectivity index (χ0n) is 11.5. The van der Waals surface area contributed by atoms with Crippen molar-refractivity contribution in [2.24, 2.45) is 0 Å². The first kappa shape index (κ1) is 12.2. The molecular weight excluding hydrogens is 224 g/mol. The van der Waals surface area contributed by atoms with Gasteiger partial charge in [-0.15, -0.1) is 0 Å². The van der Waals surface area contributed by atoms with E-state index in [1.54, 1.807) is 0 Å². The van der Waals surface area contributed by atoms with E-state index in [9.17, 15) is 0 Å². The molecule has 3 rings (SSSR count). The van der Waals surface area contributed by atoms with E-state index < -0.39 is 0 Å². The maximum Gasteiger partial charge on any atom is 0.0597 e. The smallest absolute Gasteiger partial charge is 0.0597 e. The van der Waals surface area contributed by atoms with Crippen LogP contribution in [0.25, 0.3) is 0 Å². The summed E-state index contributed by atoms with van der Waals surface area (Å²) in [6, 6.07) is 3.79. The molecule has 2 aliphatic rings. The van der Waals surface area contributed by atoms with Crippen molar-refractivity contribution in [1.29, 1.82) is 0 Å². The molecule has 2 heterocycles. The normalized spacial score (nSPS) is 24.9. The van der Waals surface area contributed by atoms with Crippen molar-refractivity contribution in [3.05, 3.63) is 17.5 Å². The van der Waals surface area contributed by atoms with Crippen LogP contribution < -0.4 is 5.32 Å². The van der Waals surface area contributed by atoms with Crippen LogP contribution in [0.2, 0.25) is 0 Å². The summed E-state index contributed by atoms with van der Waals surface area (Å²) in [5, 5.41) is 8.19. The molecule has 1 saturated heterocycles. The highest BCUT2D eigenvalue weighted by atomic mass is 15.3. The zero-order chi connectivity index (χ0) is 12.5. The summed E-state index contributed by atoms with van der Waals surface area (Å²) in [6.07, 6.45) is 4.15. The van der Waals surface area contributed by atoms with Gasteiger partial charge >= 0.3 is 0 Å². The molecule has 1 unspecified atom stereocenters. The van der Waals surface area contributed by atoms with Crippen molar-refractivity contribution in [3.63, 3.8) is 0 Å². The number of hydrogen-bond donors (Lipinski definition) is 1. The predicted octanol–water partition coefficient (Wildman–Crippen LogP) is 1.54. The first-order valence-electron chi connectivity index (χ1n) is 7.27. The van der Waals surface area contributed by atoms with E-state index in [4.69, 9.17) is 0 Å². The lowest BCUT2D eigenvalue weighted by Gasteiger charge is -2.16. The molecule has 1 N–H and O–H groups in total. The van der Waals surface area contributed by atoms with E-state index in [2.05, 4.69) is 39.9 Å². The van der Waals surface area contributed by atoms with Crippen LogP contribution in [0, 0.1) is 6.92 Å². The third-order valence-corrected chi connectivity index (χ3v) is 4.14. The van der Waals surface area contributed by atoms with Gasteiger partial charge in [-0.1, -0.05) is 0 Å². The van der Waals surface area contributed by atoms with Crippen molar-refractivity contribution in [1.82, 2.24) is 20.0 Å². The molecule has 1 aliphatic heterocycles. The number of aryl methyl sites for hydroxylation is 2. The summed E-state index contributed by atoms with van der Waals surface area (Å²) < 4.78 is 2.11. The molecule has 1 atom stereocenters. The molecule has 1 aromatic heterocycles. The van der Waals surface area contributed by atoms with Gasteiger partial charge in [0.1, 0.15) is 0 Å². The van der Waals surface area contributed by atoms with Crippen LogP contribution in [-0.4, -0.2) is 39.9 Å². The third-order valence-electron chi connectivity index (χ3n) is 4.14. The Kier molecular flexibility index (Phi) is 3.39. The maximum absolute atomic E-state index is 4.49. The highest BCUT2D eigenvalue weighted by Gasteiger charge is 2.34. The molecule has 1 aromatic rings. The van der Waals surface area contributed by atoms with E-state index in [1.807, 2.05) is 0 Å². The quantitative estimate of drug-likeness (QED) is 0.858. The Morgan fingerprint density at radius 3 is 2.94 bits per heavy atom.